The minimum Gasteiger partial charge on any atom is -0.505 e. The number of carbonyl (C=O) groups is 1. The van der Waals surface area contributed by atoms with Gasteiger partial charge < -0.3 is 14.9 Å². The van der Waals surface area contributed by atoms with Crippen LogP contribution in [-0.4, -0.2) is 32.6 Å². The highest BCUT2D eigenvalue weighted by Crippen LogP contribution is 2.38. The van der Waals surface area contributed by atoms with Crippen LogP contribution in [0.2, 0.25) is 0 Å². The minimum atomic E-state index is -1.16. The van der Waals surface area contributed by atoms with Crippen LogP contribution >= 0.6 is 0 Å². The van der Waals surface area contributed by atoms with E-state index >= 15 is 0 Å². The molecule has 1 atom stereocenters. The maximum absolute atomic E-state index is 13.1. The molecule has 1 aliphatic heterocycles. The van der Waals surface area contributed by atoms with Crippen molar-refractivity contribution in [2.75, 3.05) is 6.61 Å². The number of benzene rings is 2. The number of fused-ring (bicyclic) bond motifs is 1. The number of ether oxygens (including phenoxy) is 1. The van der Waals surface area contributed by atoms with E-state index < -0.39 is 11.9 Å². The second-order valence-electron chi connectivity index (χ2n) is 8.55. The van der Waals surface area contributed by atoms with E-state index in [1.54, 1.807) is 25.1 Å². The van der Waals surface area contributed by atoms with Crippen LogP contribution in [0.15, 0.2) is 63.3 Å². The molecule has 1 aliphatic carbocycles. The molecule has 1 unspecified atom stereocenters. The van der Waals surface area contributed by atoms with E-state index in [0.717, 1.165) is 24.9 Å². The molecule has 0 radical (unpaired) electrons. The zero-order valence-corrected chi connectivity index (χ0v) is 18.6. The molecule has 2 heterocycles. The summed E-state index contributed by atoms with van der Waals surface area (Å²) >= 11 is 0. The van der Waals surface area contributed by atoms with Gasteiger partial charge in [0.25, 0.3) is 5.56 Å². The monoisotopic (exact) mass is 460 g/mol. The number of H-pyrrole nitrogens is 1. The molecular weight excluding hydrogens is 436 g/mol. The average molecular weight is 460 g/mol. The van der Waals surface area contributed by atoms with E-state index in [1.807, 2.05) is 12.1 Å². The number of aryl methyl sites for hydroxylation is 3. The summed E-state index contributed by atoms with van der Waals surface area (Å²) in [7, 11) is 0. The molecule has 0 bridgehead atoms. The van der Waals surface area contributed by atoms with Crippen molar-refractivity contribution in [2.24, 2.45) is 10.2 Å². The summed E-state index contributed by atoms with van der Waals surface area (Å²) in [4.78, 5) is 24.2. The van der Waals surface area contributed by atoms with Crippen LogP contribution < -0.4 is 5.56 Å². The quantitative estimate of drug-likeness (QED) is 0.481. The fourth-order valence-electron chi connectivity index (χ4n) is 4.50. The number of aromatic nitrogens is 2. The van der Waals surface area contributed by atoms with Crippen molar-refractivity contribution in [3.05, 3.63) is 81.0 Å². The number of nitrogens with one attached hydrogen (secondary N) is 1. The lowest BCUT2D eigenvalue weighted by molar-refractivity contribution is -0.136. The molecule has 0 amide bonds. The molecule has 1 aromatic heterocycles. The van der Waals surface area contributed by atoms with Crippen molar-refractivity contribution < 1.29 is 19.7 Å². The number of hydrogen-bond donors (Lipinski definition) is 3. The Kier molecular flexibility index (Phi) is 5.53. The Morgan fingerprint density at radius 1 is 1.15 bits per heavy atom. The number of hydrogen-bond acceptors (Lipinski definition) is 6. The largest absolute Gasteiger partial charge is 0.505 e. The molecular formula is C25H24N4O5. The summed E-state index contributed by atoms with van der Waals surface area (Å²) in [5.41, 5.74) is 4.39. The predicted octanol–water partition coefficient (Wildman–Crippen LogP) is 4.56. The van der Waals surface area contributed by atoms with E-state index in [2.05, 4.69) is 21.4 Å². The Labute approximate surface area is 195 Å². The van der Waals surface area contributed by atoms with Crippen LogP contribution in [0.1, 0.15) is 41.1 Å². The second-order valence-corrected chi connectivity index (χ2v) is 8.55. The molecule has 2 aromatic carbocycles. The van der Waals surface area contributed by atoms with E-state index in [1.165, 1.54) is 28.3 Å². The van der Waals surface area contributed by atoms with E-state index in [9.17, 15) is 14.7 Å². The first-order chi connectivity index (χ1) is 16.4. The number of para-hydroxylation sites is 1. The van der Waals surface area contributed by atoms with E-state index in [4.69, 9.17) is 9.84 Å². The Balaban J connectivity index is 1.44. The summed E-state index contributed by atoms with van der Waals surface area (Å²) in [6.07, 6.45) is 5.87. The number of carboxylic acids is 1. The van der Waals surface area contributed by atoms with Crippen LogP contribution in [0.4, 0.5) is 11.4 Å². The van der Waals surface area contributed by atoms with Gasteiger partial charge in [-0.05, 0) is 68.0 Å². The lowest BCUT2D eigenvalue weighted by Gasteiger charge is -2.16. The van der Waals surface area contributed by atoms with Gasteiger partial charge >= 0.3 is 5.97 Å². The van der Waals surface area contributed by atoms with Crippen molar-refractivity contribution in [3.63, 3.8) is 0 Å². The average Bonchev–Trinajstić information content (AvgIpc) is 3.43. The van der Waals surface area contributed by atoms with Crippen LogP contribution in [0, 0.1) is 6.92 Å². The molecule has 2 aliphatic rings. The highest BCUT2D eigenvalue weighted by molar-refractivity contribution is 5.85. The van der Waals surface area contributed by atoms with Gasteiger partial charge in [-0.3, -0.25) is 9.89 Å². The Bertz CT molecular complexity index is 1400. The third-order valence-electron chi connectivity index (χ3n) is 6.32. The summed E-state index contributed by atoms with van der Waals surface area (Å²) in [5, 5.41) is 31.1. The summed E-state index contributed by atoms with van der Waals surface area (Å²) < 4.78 is 6.63. The van der Waals surface area contributed by atoms with Crippen LogP contribution in [-0.2, 0) is 22.4 Å². The maximum atomic E-state index is 13.1. The van der Waals surface area contributed by atoms with E-state index in [0.29, 0.717) is 11.3 Å². The van der Waals surface area contributed by atoms with Crippen molar-refractivity contribution in [1.29, 1.82) is 0 Å². The van der Waals surface area contributed by atoms with Crippen LogP contribution in [0.5, 0.6) is 5.75 Å². The molecule has 9 nitrogen and oxygen atoms in total. The van der Waals surface area contributed by atoms with Gasteiger partial charge in [0, 0.05) is 11.5 Å². The number of aromatic hydroxyl groups is 1. The van der Waals surface area contributed by atoms with Crippen molar-refractivity contribution in [1.82, 2.24) is 9.78 Å². The first-order valence-corrected chi connectivity index (χ1v) is 11.2. The van der Waals surface area contributed by atoms with Gasteiger partial charge in [0.2, 0.25) is 5.76 Å². The minimum absolute atomic E-state index is 0.109. The number of carboxylic acid groups (broad SMARTS) is 1. The fourth-order valence-corrected chi connectivity index (χ4v) is 4.50. The number of aliphatic carboxylic acids is 1. The number of azo groups is 1. The predicted molar refractivity (Wildman–Crippen MR) is 124 cm³/mol. The molecule has 34 heavy (non-hydrogen) atoms. The van der Waals surface area contributed by atoms with Gasteiger partial charge in [0.1, 0.15) is 11.4 Å². The molecule has 174 valence electrons. The normalized spacial score (nSPS) is 17.4. The van der Waals surface area contributed by atoms with Crippen LogP contribution in [0.25, 0.3) is 5.69 Å². The summed E-state index contributed by atoms with van der Waals surface area (Å²) in [6.45, 7) is 1.85. The molecule has 3 N–H and O–H groups in total. The highest BCUT2D eigenvalue weighted by Gasteiger charge is 2.26. The van der Waals surface area contributed by atoms with Gasteiger partial charge in [-0.15, -0.1) is 10.2 Å². The third-order valence-corrected chi connectivity index (χ3v) is 6.32. The zero-order valence-electron chi connectivity index (χ0n) is 18.6. The lowest BCUT2D eigenvalue weighted by Crippen LogP contribution is -2.15. The van der Waals surface area contributed by atoms with Gasteiger partial charge in [-0.25, -0.2) is 9.48 Å². The molecule has 0 saturated heterocycles. The topological polar surface area (TPSA) is 129 Å². The molecule has 9 heteroatoms. The van der Waals surface area contributed by atoms with Crippen molar-refractivity contribution >= 4 is 17.3 Å². The molecule has 5 rings (SSSR count). The molecule has 0 spiro atoms. The fraction of sp³-hybridized carbons (Fsp3) is 0.280. The first kappa shape index (κ1) is 21.7. The highest BCUT2D eigenvalue weighted by atomic mass is 16.5. The second kappa shape index (κ2) is 8.66. The Morgan fingerprint density at radius 3 is 2.71 bits per heavy atom. The maximum Gasteiger partial charge on any atom is 0.370 e. The summed E-state index contributed by atoms with van der Waals surface area (Å²) in [5.74, 6) is -1.86. The third kappa shape index (κ3) is 3.89. The smallest absolute Gasteiger partial charge is 0.370 e. The standard InChI is InChI=1S/C25H24N4O5/c1-14-22(24(31)29(28-14)18-10-9-15-5-2-3-6-16(15)11-18)27-26-20-8-4-7-19(23(20)30)17-12-21(25(32)33)34-13-17/h4,7-12,17,28,30H,2-3,5-6,13H2,1H3,(H,32,33). The van der Waals surface area contributed by atoms with Crippen molar-refractivity contribution in [2.45, 2.75) is 38.5 Å². The summed E-state index contributed by atoms with van der Waals surface area (Å²) in [6, 6.07) is 11.0. The van der Waals surface area contributed by atoms with Crippen molar-refractivity contribution in [3.8, 4) is 11.4 Å². The first-order valence-electron chi connectivity index (χ1n) is 11.2. The Hall–Kier alpha value is -4.14. The molecule has 3 aromatic rings. The van der Waals surface area contributed by atoms with Gasteiger partial charge in [0.05, 0.1) is 18.0 Å². The number of nitrogens with zero attached hydrogens (tertiary/aromatic N) is 3. The van der Waals surface area contributed by atoms with Gasteiger partial charge in [-0.2, -0.15) is 0 Å². The SMILES string of the molecule is Cc1[nH]n(-c2ccc3c(c2)CCCC3)c(=O)c1N=Nc1cccc(C2C=C(C(=O)O)OC2)c1O. The van der Waals surface area contributed by atoms with Crippen LogP contribution in [0.3, 0.4) is 0 Å². The lowest BCUT2D eigenvalue weighted by atomic mass is 9.91. The van der Waals surface area contributed by atoms with Gasteiger partial charge in [-0.1, -0.05) is 18.2 Å². The molecule has 0 saturated carbocycles. The number of phenolic OH excluding ortho intramolecular Hbond substituents is 1. The Morgan fingerprint density at radius 2 is 1.94 bits per heavy atom. The van der Waals surface area contributed by atoms with E-state index in [-0.39, 0.29) is 35.0 Å². The van der Waals surface area contributed by atoms with Gasteiger partial charge in [0.15, 0.2) is 5.69 Å². The number of aromatic amines is 1. The number of phenols is 1. The molecule has 0 fully saturated rings. The zero-order chi connectivity index (χ0) is 23.8. The number of rotatable bonds is 5.